The Morgan fingerprint density at radius 1 is 0.952 bits per heavy atom. The lowest BCUT2D eigenvalue weighted by molar-refractivity contribution is 0.410. The minimum Gasteiger partial charge on any atom is -0.497 e. The Morgan fingerprint density at radius 3 is 2.29 bits per heavy atom. The van der Waals surface area contributed by atoms with Crippen molar-refractivity contribution in [3.63, 3.8) is 0 Å². The van der Waals surface area contributed by atoms with Gasteiger partial charge in [-0.2, -0.15) is 0 Å². The van der Waals surface area contributed by atoms with E-state index in [4.69, 9.17) is 15.2 Å². The number of aryl methyl sites for hydroxylation is 1. The van der Waals surface area contributed by atoms with Crippen LogP contribution in [0.15, 0.2) is 42.5 Å². The molecule has 21 heavy (non-hydrogen) atoms. The fourth-order valence-corrected chi connectivity index (χ4v) is 3.17. The van der Waals surface area contributed by atoms with E-state index in [9.17, 15) is 0 Å². The molecule has 0 spiro atoms. The third kappa shape index (κ3) is 2.61. The second kappa shape index (κ2) is 5.78. The van der Waals surface area contributed by atoms with Crippen molar-refractivity contribution in [3.8, 4) is 11.5 Å². The number of hydrogen-bond acceptors (Lipinski definition) is 3. The summed E-state index contributed by atoms with van der Waals surface area (Å²) in [4.78, 5) is 0. The molecule has 1 aliphatic rings. The van der Waals surface area contributed by atoms with Gasteiger partial charge in [0.25, 0.3) is 0 Å². The van der Waals surface area contributed by atoms with Crippen molar-refractivity contribution >= 4 is 0 Å². The highest BCUT2D eigenvalue weighted by atomic mass is 16.5. The molecule has 0 aliphatic heterocycles. The van der Waals surface area contributed by atoms with Crippen LogP contribution < -0.4 is 15.2 Å². The largest absolute Gasteiger partial charge is 0.497 e. The molecule has 0 unspecified atom stereocenters. The summed E-state index contributed by atoms with van der Waals surface area (Å²) in [6, 6.07) is 14.5. The summed E-state index contributed by atoms with van der Waals surface area (Å²) in [5.41, 5.74) is 10.4. The molecule has 0 fully saturated rings. The van der Waals surface area contributed by atoms with E-state index in [2.05, 4.69) is 24.3 Å². The topological polar surface area (TPSA) is 44.5 Å². The number of benzene rings is 2. The molecule has 0 amide bonds. The van der Waals surface area contributed by atoms with Gasteiger partial charge in [0, 0.05) is 12.0 Å². The highest BCUT2D eigenvalue weighted by molar-refractivity contribution is 5.42. The van der Waals surface area contributed by atoms with Gasteiger partial charge in [0.05, 0.1) is 14.2 Å². The summed E-state index contributed by atoms with van der Waals surface area (Å²) in [5.74, 6) is 2.10. The van der Waals surface area contributed by atoms with Crippen LogP contribution in [0.4, 0.5) is 0 Å². The zero-order valence-corrected chi connectivity index (χ0v) is 12.5. The second-order valence-electron chi connectivity index (χ2n) is 5.51. The zero-order valence-electron chi connectivity index (χ0n) is 12.5. The first-order chi connectivity index (χ1) is 10.2. The molecule has 0 heterocycles. The minimum atomic E-state index is 0.0113. The van der Waals surface area contributed by atoms with Crippen LogP contribution in [0.3, 0.4) is 0 Å². The molecule has 3 rings (SSSR count). The Hall–Kier alpha value is -2.00. The molecule has 0 saturated heterocycles. The van der Waals surface area contributed by atoms with Crippen LogP contribution in [-0.4, -0.2) is 14.2 Å². The highest BCUT2D eigenvalue weighted by Gasteiger charge is 2.28. The van der Waals surface area contributed by atoms with Gasteiger partial charge in [0.15, 0.2) is 0 Å². The zero-order chi connectivity index (χ0) is 14.8. The first-order valence-corrected chi connectivity index (χ1v) is 7.29. The number of rotatable bonds is 3. The predicted octanol–water partition coefficient (Wildman–Crippen LogP) is 3.43. The average molecular weight is 283 g/mol. The molecule has 2 atom stereocenters. The number of nitrogens with two attached hydrogens (primary N) is 1. The van der Waals surface area contributed by atoms with Gasteiger partial charge >= 0.3 is 0 Å². The van der Waals surface area contributed by atoms with Gasteiger partial charge in [-0.1, -0.05) is 18.2 Å². The van der Waals surface area contributed by atoms with Crippen LogP contribution in [0.5, 0.6) is 11.5 Å². The molecule has 0 saturated carbocycles. The molecule has 3 nitrogen and oxygen atoms in total. The van der Waals surface area contributed by atoms with E-state index in [1.165, 1.54) is 16.7 Å². The van der Waals surface area contributed by atoms with E-state index in [0.717, 1.165) is 24.3 Å². The van der Waals surface area contributed by atoms with Gasteiger partial charge in [0.1, 0.15) is 11.5 Å². The van der Waals surface area contributed by atoms with Gasteiger partial charge < -0.3 is 15.2 Å². The molecule has 2 N–H and O–H groups in total. The molecule has 110 valence electrons. The number of hydrogen-bond donors (Lipinski definition) is 1. The Kier molecular flexibility index (Phi) is 3.84. The molecular weight excluding hydrogens is 262 g/mol. The van der Waals surface area contributed by atoms with E-state index in [0.29, 0.717) is 5.92 Å². The number of fused-ring (bicyclic) bond motifs is 1. The fraction of sp³-hybridized carbons (Fsp3) is 0.333. The molecule has 2 aromatic rings. The van der Waals surface area contributed by atoms with Crippen molar-refractivity contribution in [1.82, 2.24) is 0 Å². The molecule has 0 bridgehead atoms. The van der Waals surface area contributed by atoms with Crippen molar-refractivity contribution in [3.05, 3.63) is 59.2 Å². The maximum Gasteiger partial charge on any atom is 0.119 e. The van der Waals surface area contributed by atoms with Crippen molar-refractivity contribution < 1.29 is 9.47 Å². The molecule has 3 heteroatoms. The third-order valence-corrected chi connectivity index (χ3v) is 4.41. The van der Waals surface area contributed by atoms with E-state index in [1.54, 1.807) is 14.2 Å². The Labute approximate surface area is 125 Å². The summed E-state index contributed by atoms with van der Waals surface area (Å²) < 4.78 is 10.5. The highest BCUT2D eigenvalue weighted by Crippen LogP contribution is 2.40. The van der Waals surface area contributed by atoms with Crippen LogP contribution in [0.1, 0.15) is 35.1 Å². The van der Waals surface area contributed by atoms with Crippen LogP contribution in [-0.2, 0) is 6.42 Å². The lowest BCUT2D eigenvalue weighted by Crippen LogP contribution is -2.25. The van der Waals surface area contributed by atoms with Gasteiger partial charge in [-0.3, -0.25) is 0 Å². The van der Waals surface area contributed by atoms with Crippen LogP contribution in [0.25, 0.3) is 0 Å². The average Bonchev–Trinajstić information content (AvgIpc) is 2.55. The Morgan fingerprint density at radius 2 is 1.62 bits per heavy atom. The lowest BCUT2D eigenvalue weighted by Gasteiger charge is -2.31. The van der Waals surface area contributed by atoms with Crippen molar-refractivity contribution in [1.29, 1.82) is 0 Å². The maximum absolute atomic E-state index is 6.53. The first-order valence-electron chi connectivity index (χ1n) is 7.29. The summed E-state index contributed by atoms with van der Waals surface area (Å²) in [5, 5.41) is 0. The van der Waals surface area contributed by atoms with E-state index in [1.807, 2.05) is 18.2 Å². The number of methoxy groups -OCH3 is 2. The molecule has 1 aliphatic carbocycles. The summed E-state index contributed by atoms with van der Waals surface area (Å²) in [7, 11) is 3.38. The normalized spacial score (nSPS) is 20.7. The second-order valence-corrected chi connectivity index (χ2v) is 5.51. The quantitative estimate of drug-likeness (QED) is 0.938. The monoisotopic (exact) mass is 283 g/mol. The standard InChI is InChI=1S/C18H21NO2/c1-20-14-7-3-12(4-8-14)16-10-6-13-5-9-15(21-2)11-17(13)18(16)19/h3-5,7-9,11,16,18H,6,10,19H2,1-2H3/t16-,18-/m1/s1. The van der Waals surface area contributed by atoms with Crippen molar-refractivity contribution in [2.45, 2.75) is 24.8 Å². The Bertz CT molecular complexity index is 622. The molecular formula is C18H21NO2. The van der Waals surface area contributed by atoms with E-state index >= 15 is 0 Å². The van der Waals surface area contributed by atoms with Crippen molar-refractivity contribution in [2.75, 3.05) is 14.2 Å². The number of ether oxygens (including phenoxy) is 2. The van der Waals surface area contributed by atoms with Gasteiger partial charge in [-0.25, -0.2) is 0 Å². The summed E-state index contributed by atoms with van der Waals surface area (Å²) in [6.07, 6.45) is 2.14. The molecule has 0 radical (unpaired) electrons. The summed E-state index contributed by atoms with van der Waals surface area (Å²) >= 11 is 0. The van der Waals surface area contributed by atoms with Gasteiger partial charge in [-0.15, -0.1) is 0 Å². The minimum absolute atomic E-state index is 0.0113. The Balaban J connectivity index is 1.91. The predicted molar refractivity (Wildman–Crippen MR) is 84.0 cm³/mol. The molecule has 0 aromatic heterocycles. The van der Waals surface area contributed by atoms with E-state index < -0.39 is 0 Å². The van der Waals surface area contributed by atoms with Crippen LogP contribution in [0, 0.1) is 0 Å². The fourth-order valence-electron chi connectivity index (χ4n) is 3.17. The maximum atomic E-state index is 6.53. The van der Waals surface area contributed by atoms with E-state index in [-0.39, 0.29) is 6.04 Å². The van der Waals surface area contributed by atoms with Crippen molar-refractivity contribution in [2.24, 2.45) is 5.73 Å². The molecule has 2 aromatic carbocycles. The smallest absolute Gasteiger partial charge is 0.119 e. The SMILES string of the molecule is COc1ccc([C@H]2CCc3ccc(OC)cc3[C@@H]2N)cc1. The first kappa shape index (κ1) is 14.0. The van der Waals surface area contributed by atoms with Gasteiger partial charge in [-0.05, 0) is 53.8 Å². The lowest BCUT2D eigenvalue weighted by atomic mass is 9.76. The summed E-state index contributed by atoms with van der Waals surface area (Å²) in [6.45, 7) is 0. The third-order valence-electron chi connectivity index (χ3n) is 4.41. The van der Waals surface area contributed by atoms with Gasteiger partial charge in [0.2, 0.25) is 0 Å². The van der Waals surface area contributed by atoms with Crippen LogP contribution >= 0.6 is 0 Å². The van der Waals surface area contributed by atoms with Crippen LogP contribution in [0.2, 0.25) is 0 Å².